The first-order valence-corrected chi connectivity index (χ1v) is 11.6. The lowest BCUT2D eigenvalue weighted by Gasteiger charge is -2.44. The van der Waals surface area contributed by atoms with Gasteiger partial charge in [-0.1, -0.05) is 38.1 Å². The van der Waals surface area contributed by atoms with Gasteiger partial charge in [-0.15, -0.1) is 6.58 Å². The highest BCUT2D eigenvalue weighted by atomic mass is 16.5. The molecule has 3 aliphatic heterocycles. The largest absolute Gasteiger partial charge is 0.449 e. The summed E-state index contributed by atoms with van der Waals surface area (Å²) in [4.78, 5) is 44.9. The molecule has 4 unspecified atom stereocenters. The van der Waals surface area contributed by atoms with E-state index in [2.05, 4.69) is 42.1 Å². The SMILES string of the molecule is C=CC(C)(C)C12CC3C(=O)NC(Cc4cn(C(=O)OCC)cn4)C(=O)N3C1Nc1ccccc12. The summed E-state index contributed by atoms with van der Waals surface area (Å²) in [6.07, 6.45) is 4.57. The second-order valence-electron chi connectivity index (χ2n) is 9.69. The van der Waals surface area contributed by atoms with Crippen LogP contribution in [0.2, 0.25) is 0 Å². The smallest absolute Gasteiger partial charge is 0.419 e. The van der Waals surface area contributed by atoms with Crippen LogP contribution in [-0.2, 0) is 26.2 Å². The van der Waals surface area contributed by atoms with Gasteiger partial charge < -0.3 is 20.3 Å². The van der Waals surface area contributed by atoms with E-state index in [1.54, 1.807) is 11.8 Å². The van der Waals surface area contributed by atoms with Gasteiger partial charge in [0, 0.05) is 23.7 Å². The maximum absolute atomic E-state index is 13.8. The second kappa shape index (κ2) is 7.72. The Hall–Kier alpha value is -3.62. The van der Waals surface area contributed by atoms with Crippen LogP contribution in [0.15, 0.2) is 49.4 Å². The van der Waals surface area contributed by atoms with Crippen LogP contribution in [0.5, 0.6) is 0 Å². The van der Waals surface area contributed by atoms with Crippen LogP contribution in [-0.4, -0.2) is 57.2 Å². The van der Waals surface area contributed by atoms with Crippen LogP contribution >= 0.6 is 0 Å². The molecule has 4 atom stereocenters. The number of hydrogen-bond donors (Lipinski definition) is 2. The van der Waals surface area contributed by atoms with E-state index in [0.717, 1.165) is 11.3 Å². The molecular weight excluding hydrogens is 434 g/mol. The number of ether oxygens (including phenoxy) is 1. The van der Waals surface area contributed by atoms with E-state index in [4.69, 9.17) is 4.74 Å². The summed E-state index contributed by atoms with van der Waals surface area (Å²) in [7, 11) is 0. The second-order valence-corrected chi connectivity index (χ2v) is 9.69. The number of carbonyl (C=O) groups is 3. The zero-order valence-corrected chi connectivity index (χ0v) is 19.6. The molecule has 2 fully saturated rings. The van der Waals surface area contributed by atoms with E-state index in [1.165, 1.54) is 17.1 Å². The highest BCUT2D eigenvalue weighted by molar-refractivity contribution is 5.99. The molecule has 0 bridgehead atoms. The first-order chi connectivity index (χ1) is 16.2. The van der Waals surface area contributed by atoms with Crippen molar-refractivity contribution < 1.29 is 19.1 Å². The number of allylic oxidation sites excluding steroid dienone is 1. The normalized spacial score (nSPS) is 27.4. The zero-order chi connectivity index (χ0) is 24.3. The number of para-hydroxylation sites is 1. The molecule has 0 radical (unpaired) electrons. The summed E-state index contributed by atoms with van der Waals surface area (Å²) in [5, 5.41) is 6.44. The van der Waals surface area contributed by atoms with Crippen molar-refractivity contribution in [2.45, 2.75) is 57.3 Å². The third kappa shape index (κ3) is 2.99. The van der Waals surface area contributed by atoms with Gasteiger partial charge in [-0.3, -0.25) is 9.59 Å². The van der Waals surface area contributed by atoms with Crippen LogP contribution in [0.25, 0.3) is 0 Å². The van der Waals surface area contributed by atoms with Gasteiger partial charge in [0.2, 0.25) is 11.8 Å². The maximum atomic E-state index is 13.8. The predicted octanol–water partition coefficient (Wildman–Crippen LogP) is 2.43. The lowest BCUT2D eigenvalue weighted by atomic mass is 9.60. The maximum Gasteiger partial charge on any atom is 0.419 e. The molecule has 2 saturated heterocycles. The molecule has 9 heteroatoms. The van der Waals surface area contributed by atoms with E-state index in [-0.39, 0.29) is 36.4 Å². The molecule has 1 aromatic heterocycles. The van der Waals surface area contributed by atoms with E-state index >= 15 is 0 Å². The minimum absolute atomic E-state index is 0.165. The summed E-state index contributed by atoms with van der Waals surface area (Å²) < 4.78 is 6.22. The third-order valence-corrected chi connectivity index (χ3v) is 7.66. The topological polar surface area (TPSA) is 106 Å². The van der Waals surface area contributed by atoms with Crippen molar-refractivity contribution in [3.63, 3.8) is 0 Å². The number of anilines is 1. The monoisotopic (exact) mass is 463 g/mol. The Morgan fingerprint density at radius 1 is 1.32 bits per heavy atom. The molecule has 3 aliphatic rings. The quantitative estimate of drug-likeness (QED) is 0.660. The van der Waals surface area contributed by atoms with Gasteiger partial charge in [0.25, 0.3) is 0 Å². The molecule has 4 heterocycles. The predicted molar refractivity (Wildman–Crippen MR) is 125 cm³/mol. The molecule has 2 aromatic rings. The lowest BCUT2D eigenvalue weighted by Crippen LogP contribution is -2.65. The van der Waals surface area contributed by atoms with E-state index in [9.17, 15) is 14.4 Å². The van der Waals surface area contributed by atoms with Gasteiger partial charge in [-0.25, -0.2) is 14.3 Å². The molecular formula is C25H29N5O4. The molecule has 2 N–H and O–H groups in total. The van der Waals surface area contributed by atoms with Crippen LogP contribution in [0.4, 0.5) is 10.5 Å². The lowest BCUT2D eigenvalue weighted by molar-refractivity contribution is -0.148. The number of nitrogens with zero attached hydrogens (tertiary/aromatic N) is 3. The van der Waals surface area contributed by atoms with Crippen molar-refractivity contribution >= 4 is 23.6 Å². The van der Waals surface area contributed by atoms with Crippen LogP contribution in [0, 0.1) is 5.41 Å². The first-order valence-electron chi connectivity index (χ1n) is 11.6. The molecule has 34 heavy (non-hydrogen) atoms. The number of piperazine rings is 1. The fourth-order valence-electron chi connectivity index (χ4n) is 5.80. The number of fused-ring (bicyclic) bond motifs is 5. The Balaban J connectivity index is 1.47. The van der Waals surface area contributed by atoms with Gasteiger partial charge in [-0.05, 0) is 30.4 Å². The fraction of sp³-hybridized carbons (Fsp3) is 0.440. The number of amides is 2. The molecule has 0 spiro atoms. The highest BCUT2D eigenvalue weighted by Gasteiger charge is 2.67. The number of hydrogen-bond acceptors (Lipinski definition) is 6. The summed E-state index contributed by atoms with van der Waals surface area (Å²) in [6, 6.07) is 6.69. The molecule has 2 amide bonds. The molecule has 9 nitrogen and oxygen atoms in total. The van der Waals surface area contributed by atoms with E-state index in [0.29, 0.717) is 12.1 Å². The molecule has 1 aromatic carbocycles. The molecule has 0 saturated carbocycles. The van der Waals surface area contributed by atoms with Gasteiger partial charge in [0.1, 0.15) is 24.6 Å². The first kappa shape index (κ1) is 22.2. The summed E-state index contributed by atoms with van der Waals surface area (Å²) in [5.41, 5.74) is 1.71. The fourth-order valence-corrected chi connectivity index (χ4v) is 5.80. The Bertz CT molecular complexity index is 1190. The van der Waals surface area contributed by atoms with Crippen molar-refractivity contribution in [2.24, 2.45) is 5.41 Å². The van der Waals surface area contributed by atoms with Crippen molar-refractivity contribution in [3.05, 3.63) is 60.7 Å². The number of benzene rings is 1. The standard InChI is InChI=1S/C25H29N5O4/c1-5-24(3,4)25-12-19-20(31)27-18(11-15-13-29(14-26-15)23(33)34-6-2)21(32)30(19)22(25)28-17-10-8-7-9-16(17)25/h5,7-10,13-14,18-19,22,28H,1,6,11-12H2,2-4H3,(H,27,31). The van der Waals surface area contributed by atoms with Crippen molar-refractivity contribution in [2.75, 3.05) is 11.9 Å². The van der Waals surface area contributed by atoms with Gasteiger partial charge >= 0.3 is 6.09 Å². The Kier molecular flexibility index (Phi) is 5.03. The summed E-state index contributed by atoms with van der Waals surface area (Å²) in [5.74, 6) is -0.343. The number of nitrogens with one attached hydrogen (secondary N) is 2. The van der Waals surface area contributed by atoms with Crippen LogP contribution in [0.3, 0.4) is 0 Å². The van der Waals surface area contributed by atoms with Gasteiger partial charge in [-0.2, -0.15) is 0 Å². The van der Waals surface area contributed by atoms with Crippen molar-refractivity contribution in [1.29, 1.82) is 0 Å². The minimum Gasteiger partial charge on any atom is -0.449 e. The number of imidazole rings is 1. The number of rotatable bonds is 5. The molecule has 5 rings (SSSR count). The van der Waals surface area contributed by atoms with Crippen molar-refractivity contribution in [3.8, 4) is 0 Å². The average Bonchev–Trinajstić information content (AvgIpc) is 3.50. The zero-order valence-electron chi connectivity index (χ0n) is 19.6. The van der Waals surface area contributed by atoms with Crippen LogP contribution < -0.4 is 10.6 Å². The Labute approximate surface area is 198 Å². The van der Waals surface area contributed by atoms with Gasteiger partial charge in [0.15, 0.2) is 0 Å². The number of aromatic nitrogens is 2. The minimum atomic E-state index is -0.776. The summed E-state index contributed by atoms with van der Waals surface area (Å²) in [6.45, 7) is 10.3. The van der Waals surface area contributed by atoms with Gasteiger partial charge in [0.05, 0.1) is 12.3 Å². The van der Waals surface area contributed by atoms with E-state index in [1.807, 2.05) is 24.3 Å². The third-order valence-electron chi connectivity index (χ3n) is 7.66. The highest BCUT2D eigenvalue weighted by Crippen LogP contribution is 2.60. The molecule has 0 aliphatic carbocycles. The Morgan fingerprint density at radius 3 is 2.82 bits per heavy atom. The average molecular weight is 464 g/mol. The van der Waals surface area contributed by atoms with Crippen LogP contribution in [0.1, 0.15) is 38.4 Å². The molecule has 178 valence electrons. The number of carbonyl (C=O) groups excluding carboxylic acids is 3. The van der Waals surface area contributed by atoms with Crippen molar-refractivity contribution in [1.82, 2.24) is 19.8 Å². The van der Waals surface area contributed by atoms with E-state index < -0.39 is 23.6 Å². The summed E-state index contributed by atoms with van der Waals surface area (Å²) >= 11 is 0. The Morgan fingerprint density at radius 2 is 2.09 bits per heavy atom.